The Bertz CT molecular complexity index is 348. The zero-order valence-corrected chi connectivity index (χ0v) is 8.90. The number of aromatic hydroxyl groups is 2. The summed E-state index contributed by atoms with van der Waals surface area (Å²) in [4.78, 5) is 11.1. The van der Waals surface area contributed by atoms with E-state index in [1.165, 1.54) is 19.2 Å². The van der Waals surface area contributed by atoms with Gasteiger partial charge in [-0.05, 0) is 34.7 Å². The number of halogens is 1. The van der Waals surface area contributed by atoms with Crippen LogP contribution in [0.25, 0.3) is 0 Å². The Morgan fingerprint density at radius 1 is 1.38 bits per heavy atom. The lowest BCUT2D eigenvalue weighted by molar-refractivity contribution is 0.0599. The molecule has 0 aliphatic rings. The van der Waals surface area contributed by atoms with Crippen LogP contribution in [-0.2, 0) is 4.74 Å². The van der Waals surface area contributed by atoms with Crippen molar-refractivity contribution in [2.24, 2.45) is 0 Å². The molecule has 0 bridgehead atoms. The van der Waals surface area contributed by atoms with Crippen LogP contribution in [0.15, 0.2) is 12.1 Å². The van der Waals surface area contributed by atoms with Crippen molar-refractivity contribution in [1.29, 1.82) is 0 Å². The molecule has 0 spiro atoms. The molecule has 0 saturated heterocycles. The molecule has 0 atom stereocenters. The number of phenols is 2. The number of hydrogen-bond acceptors (Lipinski definition) is 4. The van der Waals surface area contributed by atoms with Crippen molar-refractivity contribution in [3.8, 4) is 11.5 Å². The Morgan fingerprint density at radius 2 is 1.92 bits per heavy atom. The predicted octanol–water partition coefficient (Wildman–Crippen LogP) is 1.49. The Morgan fingerprint density at radius 3 is 2.46 bits per heavy atom. The van der Waals surface area contributed by atoms with Crippen molar-refractivity contribution in [2.45, 2.75) is 0 Å². The van der Waals surface area contributed by atoms with E-state index in [0.717, 1.165) is 0 Å². The summed E-state index contributed by atoms with van der Waals surface area (Å²) in [5.41, 5.74) is 0.235. The van der Waals surface area contributed by atoms with Crippen molar-refractivity contribution in [3.05, 3.63) is 21.3 Å². The molecule has 0 radical (unpaired) electrons. The van der Waals surface area contributed by atoms with Crippen molar-refractivity contribution in [3.63, 3.8) is 0 Å². The molecule has 1 rings (SSSR count). The molecule has 0 heterocycles. The number of ether oxygens (including phenoxy) is 1. The summed E-state index contributed by atoms with van der Waals surface area (Å²) in [7, 11) is 1.25. The molecule has 0 aliphatic heterocycles. The summed E-state index contributed by atoms with van der Waals surface area (Å²) in [6.45, 7) is 0. The van der Waals surface area contributed by atoms with E-state index in [1.54, 1.807) is 0 Å². The Kier molecular flexibility index (Phi) is 2.97. The second-order valence-corrected chi connectivity index (χ2v) is 3.47. The van der Waals surface area contributed by atoms with Gasteiger partial charge in [-0.3, -0.25) is 0 Å². The third kappa shape index (κ3) is 2.03. The standard InChI is InChI=1S/C8H7IO4/c1-13-8(12)4-2-6(10)7(11)3-5(4)9/h2-3,10-11H,1H3. The van der Waals surface area contributed by atoms with Crippen LogP contribution in [0, 0.1) is 3.57 Å². The highest BCUT2D eigenvalue weighted by atomic mass is 127. The van der Waals surface area contributed by atoms with E-state index in [4.69, 9.17) is 10.2 Å². The minimum Gasteiger partial charge on any atom is -0.504 e. The van der Waals surface area contributed by atoms with Crippen LogP contribution >= 0.6 is 22.6 Å². The second kappa shape index (κ2) is 3.82. The first-order chi connectivity index (χ1) is 6.06. The van der Waals surface area contributed by atoms with Gasteiger partial charge in [-0.2, -0.15) is 0 Å². The topological polar surface area (TPSA) is 66.8 Å². The van der Waals surface area contributed by atoms with Crippen LogP contribution in [-0.4, -0.2) is 23.3 Å². The van der Waals surface area contributed by atoms with Gasteiger partial charge in [-0.25, -0.2) is 4.79 Å². The van der Waals surface area contributed by atoms with E-state index in [-0.39, 0.29) is 17.1 Å². The van der Waals surface area contributed by atoms with E-state index < -0.39 is 5.97 Å². The Hall–Kier alpha value is -0.980. The summed E-state index contributed by atoms with van der Waals surface area (Å²) < 4.78 is 5.00. The molecule has 70 valence electrons. The molecule has 0 unspecified atom stereocenters. The van der Waals surface area contributed by atoms with Crippen molar-refractivity contribution >= 4 is 28.6 Å². The van der Waals surface area contributed by atoms with Gasteiger partial charge in [0.25, 0.3) is 0 Å². The molecule has 1 aromatic carbocycles. The van der Waals surface area contributed by atoms with Crippen LogP contribution in [0.1, 0.15) is 10.4 Å². The molecule has 0 fully saturated rings. The first kappa shape index (κ1) is 10.1. The monoisotopic (exact) mass is 294 g/mol. The van der Waals surface area contributed by atoms with E-state index in [0.29, 0.717) is 3.57 Å². The van der Waals surface area contributed by atoms with Crippen molar-refractivity contribution in [2.75, 3.05) is 7.11 Å². The highest BCUT2D eigenvalue weighted by Gasteiger charge is 2.13. The van der Waals surface area contributed by atoms with E-state index in [9.17, 15) is 4.79 Å². The van der Waals surface area contributed by atoms with Gasteiger partial charge < -0.3 is 14.9 Å². The van der Waals surface area contributed by atoms with Crippen LogP contribution in [0.3, 0.4) is 0 Å². The predicted molar refractivity (Wildman–Crippen MR) is 53.8 cm³/mol. The lowest BCUT2D eigenvalue weighted by Gasteiger charge is -2.04. The third-order valence-electron chi connectivity index (χ3n) is 1.47. The summed E-state index contributed by atoms with van der Waals surface area (Å²) in [6, 6.07) is 2.46. The largest absolute Gasteiger partial charge is 0.504 e. The molecule has 0 aliphatic carbocycles. The normalized spacial score (nSPS) is 9.69. The average molecular weight is 294 g/mol. The van der Waals surface area contributed by atoms with Gasteiger partial charge >= 0.3 is 5.97 Å². The number of rotatable bonds is 1. The molecule has 5 heteroatoms. The molecule has 13 heavy (non-hydrogen) atoms. The first-order valence-electron chi connectivity index (χ1n) is 3.36. The Labute approximate surface area is 88.3 Å². The van der Waals surface area contributed by atoms with E-state index in [2.05, 4.69) is 4.74 Å². The number of carbonyl (C=O) groups excluding carboxylic acids is 1. The number of hydrogen-bond donors (Lipinski definition) is 2. The molecule has 0 saturated carbocycles. The number of phenolic OH excluding ortho intramolecular Hbond substituents is 2. The molecule has 1 aromatic rings. The van der Waals surface area contributed by atoms with Gasteiger partial charge in [0.05, 0.1) is 12.7 Å². The minimum atomic E-state index is -0.542. The average Bonchev–Trinajstić information content (AvgIpc) is 2.10. The van der Waals surface area contributed by atoms with E-state index >= 15 is 0 Å². The Balaban J connectivity index is 3.23. The summed E-state index contributed by atoms with van der Waals surface area (Å²) in [5.74, 6) is -1.13. The number of methoxy groups -OCH3 is 1. The number of esters is 1. The van der Waals surface area contributed by atoms with E-state index in [1.807, 2.05) is 22.6 Å². The zero-order valence-electron chi connectivity index (χ0n) is 6.74. The lowest BCUT2D eigenvalue weighted by Crippen LogP contribution is -2.03. The van der Waals surface area contributed by atoms with Gasteiger partial charge in [-0.1, -0.05) is 0 Å². The molecular formula is C8H7IO4. The highest BCUT2D eigenvalue weighted by molar-refractivity contribution is 14.1. The third-order valence-corrected chi connectivity index (χ3v) is 2.36. The minimum absolute atomic E-state index is 0.235. The van der Waals surface area contributed by atoms with Crippen molar-refractivity contribution < 1.29 is 19.7 Å². The van der Waals surface area contributed by atoms with Crippen LogP contribution in [0.4, 0.5) is 0 Å². The smallest absolute Gasteiger partial charge is 0.339 e. The molecule has 0 aromatic heterocycles. The molecular weight excluding hydrogens is 287 g/mol. The molecule has 0 amide bonds. The zero-order chi connectivity index (χ0) is 10.0. The van der Waals surface area contributed by atoms with Crippen LogP contribution in [0.2, 0.25) is 0 Å². The summed E-state index contributed by atoms with van der Waals surface area (Å²) in [6.07, 6.45) is 0. The lowest BCUT2D eigenvalue weighted by atomic mass is 10.2. The maximum atomic E-state index is 11.1. The SMILES string of the molecule is COC(=O)c1cc(O)c(O)cc1I. The fourth-order valence-electron chi connectivity index (χ4n) is 0.818. The number of carbonyl (C=O) groups is 1. The van der Waals surface area contributed by atoms with Gasteiger partial charge in [0.15, 0.2) is 11.5 Å². The quantitative estimate of drug-likeness (QED) is 0.468. The van der Waals surface area contributed by atoms with Gasteiger partial charge in [-0.15, -0.1) is 0 Å². The maximum absolute atomic E-state index is 11.1. The van der Waals surface area contributed by atoms with Gasteiger partial charge in [0.2, 0.25) is 0 Å². The second-order valence-electron chi connectivity index (χ2n) is 2.31. The van der Waals surface area contributed by atoms with Crippen LogP contribution < -0.4 is 0 Å². The van der Waals surface area contributed by atoms with Gasteiger partial charge in [0, 0.05) is 3.57 Å². The first-order valence-corrected chi connectivity index (χ1v) is 4.44. The fraction of sp³-hybridized carbons (Fsp3) is 0.125. The molecule has 2 N–H and O–H groups in total. The van der Waals surface area contributed by atoms with Crippen LogP contribution in [0.5, 0.6) is 11.5 Å². The molecule has 4 nitrogen and oxygen atoms in total. The van der Waals surface area contributed by atoms with Crippen molar-refractivity contribution in [1.82, 2.24) is 0 Å². The highest BCUT2D eigenvalue weighted by Crippen LogP contribution is 2.29. The van der Waals surface area contributed by atoms with Gasteiger partial charge in [0.1, 0.15) is 0 Å². The fourth-order valence-corrected chi connectivity index (χ4v) is 1.49. The summed E-state index contributed by atoms with van der Waals surface area (Å²) >= 11 is 1.87. The maximum Gasteiger partial charge on any atom is 0.339 e. The summed E-state index contributed by atoms with van der Waals surface area (Å²) in [5, 5.41) is 18.2. The number of benzene rings is 1.